The van der Waals surface area contributed by atoms with Gasteiger partial charge in [0, 0.05) is 13.2 Å². The van der Waals surface area contributed by atoms with Crippen LogP contribution in [0.1, 0.15) is 11.4 Å². The van der Waals surface area contributed by atoms with E-state index in [0.717, 1.165) is 6.07 Å². The lowest BCUT2D eigenvalue weighted by Gasteiger charge is -2.07. The number of alkyl halides is 3. The Bertz CT molecular complexity index is 328. The molecule has 1 aromatic rings. The van der Waals surface area contributed by atoms with Crippen LogP contribution in [-0.4, -0.2) is 25.3 Å². The first-order chi connectivity index (χ1) is 7.54. The first-order valence-corrected chi connectivity index (χ1v) is 4.55. The molecule has 3 nitrogen and oxygen atoms in total. The molecule has 1 rings (SSSR count). The summed E-state index contributed by atoms with van der Waals surface area (Å²) in [6, 6.07) is 4.64. The smallest absolute Gasteiger partial charge is 0.382 e. The number of nitrogens with zero attached hydrogens (tertiary/aromatic N) is 1. The van der Waals surface area contributed by atoms with Crippen molar-refractivity contribution in [1.82, 2.24) is 4.98 Å². The summed E-state index contributed by atoms with van der Waals surface area (Å²) in [6.45, 7) is 0.689. The maximum Gasteiger partial charge on any atom is 0.433 e. The second kappa shape index (κ2) is 5.81. The molecule has 16 heavy (non-hydrogen) atoms. The summed E-state index contributed by atoms with van der Waals surface area (Å²) in [5.74, 6) is 0. The highest BCUT2D eigenvalue weighted by molar-refractivity contribution is 5.11. The van der Waals surface area contributed by atoms with Crippen molar-refractivity contribution < 1.29 is 22.6 Å². The number of hydrogen-bond donors (Lipinski definition) is 0. The Kier molecular flexibility index (Phi) is 4.70. The molecule has 0 unspecified atom stereocenters. The number of aromatic nitrogens is 1. The molecule has 0 aliphatic heterocycles. The molecule has 0 fully saturated rings. The van der Waals surface area contributed by atoms with Gasteiger partial charge in [-0.05, 0) is 6.07 Å². The third-order valence-corrected chi connectivity index (χ3v) is 1.71. The Labute approximate surface area is 91.2 Å². The van der Waals surface area contributed by atoms with Gasteiger partial charge in [-0.2, -0.15) is 13.2 Å². The zero-order chi connectivity index (χ0) is 12.0. The van der Waals surface area contributed by atoms with Crippen molar-refractivity contribution in [2.75, 3.05) is 20.3 Å². The van der Waals surface area contributed by atoms with Gasteiger partial charge in [-0.1, -0.05) is 6.07 Å². The summed E-state index contributed by atoms with van der Waals surface area (Å²) in [6.07, 6.45) is -4.43. The molecule has 0 aromatic carbocycles. The van der Waals surface area contributed by atoms with Crippen LogP contribution in [0, 0.1) is 6.07 Å². The number of methoxy groups -OCH3 is 1. The predicted octanol–water partition coefficient (Wildman–Crippen LogP) is 2.06. The summed E-state index contributed by atoms with van der Waals surface area (Å²) in [7, 11) is 1.51. The van der Waals surface area contributed by atoms with E-state index in [2.05, 4.69) is 11.1 Å². The van der Waals surface area contributed by atoms with Gasteiger partial charge in [0.15, 0.2) is 0 Å². The zero-order valence-corrected chi connectivity index (χ0v) is 8.67. The van der Waals surface area contributed by atoms with Crippen molar-refractivity contribution >= 4 is 0 Å². The molecule has 1 aromatic heterocycles. The molecular formula is C10H11F3NO2. The van der Waals surface area contributed by atoms with E-state index in [1.165, 1.54) is 13.2 Å². The number of ether oxygens (including phenoxy) is 2. The predicted molar refractivity (Wildman–Crippen MR) is 49.6 cm³/mol. The van der Waals surface area contributed by atoms with Crippen LogP contribution in [0.2, 0.25) is 0 Å². The molecule has 6 heteroatoms. The minimum atomic E-state index is -4.43. The van der Waals surface area contributed by atoms with Crippen molar-refractivity contribution in [3.63, 3.8) is 0 Å². The second-order valence-corrected chi connectivity index (χ2v) is 2.96. The minimum absolute atomic E-state index is 0.00667. The van der Waals surface area contributed by atoms with Crippen LogP contribution >= 0.6 is 0 Å². The highest BCUT2D eigenvalue weighted by Crippen LogP contribution is 2.27. The van der Waals surface area contributed by atoms with Crippen molar-refractivity contribution in [2.24, 2.45) is 0 Å². The van der Waals surface area contributed by atoms with Gasteiger partial charge >= 0.3 is 6.18 Å². The quantitative estimate of drug-likeness (QED) is 0.731. The first kappa shape index (κ1) is 12.9. The molecule has 0 aliphatic rings. The molecule has 0 saturated carbocycles. The van der Waals surface area contributed by atoms with E-state index in [9.17, 15) is 13.2 Å². The van der Waals surface area contributed by atoms with E-state index >= 15 is 0 Å². The molecule has 0 atom stereocenters. The standard InChI is InChI=1S/C10H11F3NO2/c1-15-5-6-16-7-8-3-2-4-9(14-8)10(11,12)13/h2,4H,5-7H2,1H3. The topological polar surface area (TPSA) is 31.4 Å². The van der Waals surface area contributed by atoms with Crippen LogP contribution in [0.4, 0.5) is 13.2 Å². The van der Waals surface area contributed by atoms with Crippen LogP contribution in [0.5, 0.6) is 0 Å². The van der Waals surface area contributed by atoms with E-state index in [0.29, 0.717) is 13.2 Å². The summed E-state index contributed by atoms with van der Waals surface area (Å²) >= 11 is 0. The lowest BCUT2D eigenvalue weighted by molar-refractivity contribution is -0.141. The van der Waals surface area contributed by atoms with Crippen LogP contribution in [0.15, 0.2) is 12.1 Å². The van der Waals surface area contributed by atoms with Gasteiger partial charge in [-0.25, -0.2) is 4.98 Å². The van der Waals surface area contributed by atoms with E-state index in [-0.39, 0.29) is 12.3 Å². The van der Waals surface area contributed by atoms with Crippen LogP contribution in [0.25, 0.3) is 0 Å². The fourth-order valence-corrected chi connectivity index (χ4v) is 0.975. The lowest BCUT2D eigenvalue weighted by Crippen LogP contribution is -2.10. The minimum Gasteiger partial charge on any atom is -0.382 e. The van der Waals surface area contributed by atoms with Gasteiger partial charge in [0.1, 0.15) is 5.69 Å². The van der Waals surface area contributed by atoms with Crippen molar-refractivity contribution in [3.8, 4) is 0 Å². The molecule has 0 spiro atoms. The van der Waals surface area contributed by atoms with Gasteiger partial charge < -0.3 is 9.47 Å². The maximum atomic E-state index is 12.3. The summed E-state index contributed by atoms with van der Waals surface area (Å²) in [5, 5.41) is 0. The number of halogens is 3. The Morgan fingerprint density at radius 3 is 2.75 bits per heavy atom. The summed E-state index contributed by atoms with van der Waals surface area (Å²) in [4.78, 5) is 3.40. The molecule has 0 aliphatic carbocycles. The monoisotopic (exact) mass is 234 g/mol. The number of rotatable bonds is 5. The van der Waals surface area contributed by atoms with E-state index < -0.39 is 11.9 Å². The summed E-state index contributed by atoms with van der Waals surface area (Å²) < 4.78 is 46.6. The second-order valence-electron chi connectivity index (χ2n) is 2.96. The van der Waals surface area contributed by atoms with Gasteiger partial charge in [0.25, 0.3) is 0 Å². The van der Waals surface area contributed by atoms with Gasteiger partial charge in [0.05, 0.1) is 25.5 Å². The van der Waals surface area contributed by atoms with Crippen LogP contribution < -0.4 is 0 Å². The highest BCUT2D eigenvalue weighted by atomic mass is 19.4. The lowest BCUT2D eigenvalue weighted by atomic mass is 10.3. The first-order valence-electron chi connectivity index (χ1n) is 4.55. The third-order valence-electron chi connectivity index (χ3n) is 1.71. The Hall–Kier alpha value is -1.14. The molecular weight excluding hydrogens is 223 g/mol. The van der Waals surface area contributed by atoms with Crippen molar-refractivity contribution in [2.45, 2.75) is 12.8 Å². The van der Waals surface area contributed by atoms with Crippen molar-refractivity contribution in [3.05, 3.63) is 29.6 Å². The average Bonchev–Trinajstić information content (AvgIpc) is 2.24. The largest absolute Gasteiger partial charge is 0.433 e. The Balaban J connectivity index is 2.54. The molecule has 0 amide bonds. The van der Waals surface area contributed by atoms with E-state index in [1.54, 1.807) is 0 Å². The van der Waals surface area contributed by atoms with Crippen molar-refractivity contribution in [1.29, 1.82) is 0 Å². The molecule has 1 heterocycles. The molecule has 0 saturated heterocycles. The highest BCUT2D eigenvalue weighted by Gasteiger charge is 2.32. The molecule has 0 N–H and O–H groups in total. The fraction of sp³-hybridized carbons (Fsp3) is 0.500. The zero-order valence-electron chi connectivity index (χ0n) is 8.67. The number of pyridine rings is 1. The Morgan fingerprint density at radius 1 is 1.38 bits per heavy atom. The van der Waals surface area contributed by atoms with Gasteiger partial charge in [-0.3, -0.25) is 0 Å². The van der Waals surface area contributed by atoms with Crippen LogP contribution in [0.3, 0.4) is 0 Å². The van der Waals surface area contributed by atoms with E-state index in [1.807, 2.05) is 0 Å². The maximum absolute atomic E-state index is 12.3. The fourth-order valence-electron chi connectivity index (χ4n) is 0.975. The molecule has 1 radical (unpaired) electrons. The van der Waals surface area contributed by atoms with Crippen LogP contribution in [-0.2, 0) is 22.3 Å². The van der Waals surface area contributed by atoms with Gasteiger partial charge in [-0.15, -0.1) is 0 Å². The number of hydrogen-bond acceptors (Lipinski definition) is 3. The normalized spacial score (nSPS) is 11.8. The third kappa shape index (κ3) is 4.16. The molecule has 89 valence electrons. The van der Waals surface area contributed by atoms with Gasteiger partial charge in [0.2, 0.25) is 0 Å². The Morgan fingerprint density at radius 2 is 2.12 bits per heavy atom. The van der Waals surface area contributed by atoms with E-state index in [4.69, 9.17) is 9.47 Å². The average molecular weight is 234 g/mol. The summed E-state index contributed by atoms with van der Waals surface area (Å²) in [5.41, 5.74) is -0.803. The molecule has 0 bridgehead atoms. The SMILES string of the molecule is COCCOCc1[c]ccc(C(F)(F)F)n1.